The average Bonchev–Trinajstić information content (AvgIpc) is 2.62. The predicted molar refractivity (Wildman–Crippen MR) is 101 cm³/mol. The van der Waals surface area contributed by atoms with Crippen LogP contribution in [0.4, 0.5) is 21.8 Å². The van der Waals surface area contributed by atoms with Gasteiger partial charge in [-0.3, -0.25) is 0 Å². The molecule has 0 atom stereocenters. The number of benzene rings is 1. The lowest BCUT2D eigenvalue weighted by atomic mass is 10.2. The van der Waals surface area contributed by atoms with Crippen molar-refractivity contribution in [3.63, 3.8) is 0 Å². The zero-order valence-electron chi connectivity index (χ0n) is 15.0. The Morgan fingerprint density at radius 2 is 1.72 bits per heavy atom. The number of hydrogen-bond donors (Lipinski definition) is 1. The molecule has 0 aliphatic carbocycles. The molecular formula is C19H26FN5. The maximum Gasteiger partial charge on any atom is 0.224 e. The van der Waals surface area contributed by atoms with Crippen LogP contribution in [0.25, 0.3) is 0 Å². The molecule has 0 saturated carbocycles. The first-order valence-electron chi connectivity index (χ1n) is 9.00. The number of anilines is 3. The Morgan fingerprint density at radius 1 is 1.04 bits per heavy atom. The van der Waals surface area contributed by atoms with Gasteiger partial charge in [-0.1, -0.05) is 13.3 Å². The Morgan fingerprint density at radius 3 is 2.40 bits per heavy atom. The maximum absolute atomic E-state index is 13.1. The van der Waals surface area contributed by atoms with Crippen molar-refractivity contribution in [2.45, 2.75) is 26.7 Å². The quantitative estimate of drug-likeness (QED) is 0.814. The van der Waals surface area contributed by atoms with E-state index >= 15 is 0 Å². The molecule has 2 aromatic rings. The van der Waals surface area contributed by atoms with Crippen LogP contribution in [0.3, 0.4) is 0 Å². The fraction of sp³-hybridized carbons (Fsp3) is 0.474. The third-order valence-corrected chi connectivity index (χ3v) is 4.45. The zero-order chi connectivity index (χ0) is 17.6. The van der Waals surface area contributed by atoms with Crippen molar-refractivity contribution in [3.05, 3.63) is 41.8 Å². The Labute approximate surface area is 148 Å². The molecule has 0 amide bonds. The van der Waals surface area contributed by atoms with Crippen LogP contribution in [-0.4, -0.2) is 42.7 Å². The van der Waals surface area contributed by atoms with E-state index in [1.165, 1.54) is 12.1 Å². The fourth-order valence-electron chi connectivity index (χ4n) is 3.02. The number of aryl methyl sites for hydroxylation is 1. The van der Waals surface area contributed by atoms with Gasteiger partial charge < -0.3 is 15.1 Å². The monoisotopic (exact) mass is 343 g/mol. The first-order chi connectivity index (χ1) is 12.2. The number of rotatable bonds is 6. The molecule has 0 unspecified atom stereocenters. The van der Waals surface area contributed by atoms with Crippen LogP contribution >= 0.6 is 0 Å². The van der Waals surface area contributed by atoms with Crippen LogP contribution in [0.15, 0.2) is 30.3 Å². The Hall–Kier alpha value is -2.37. The molecule has 0 bridgehead atoms. The van der Waals surface area contributed by atoms with E-state index in [1.54, 1.807) is 0 Å². The molecule has 25 heavy (non-hydrogen) atoms. The molecule has 2 heterocycles. The van der Waals surface area contributed by atoms with Gasteiger partial charge in [0.15, 0.2) is 0 Å². The van der Waals surface area contributed by atoms with Crippen molar-refractivity contribution in [3.8, 4) is 0 Å². The lowest BCUT2D eigenvalue weighted by Gasteiger charge is -2.36. The third kappa shape index (κ3) is 4.59. The van der Waals surface area contributed by atoms with Gasteiger partial charge >= 0.3 is 0 Å². The summed E-state index contributed by atoms with van der Waals surface area (Å²) < 4.78 is 13.1. The molecule has 1 N–H and O–H groups in total. The standard InChI is InChI=1S/C19H26FN5/c1-3-4-9-21-19-22-15(2)14-18(23-19)25-12-10-24(11-13-25)17-7-5-16(20)6-8-17/h5-8,14H,3-4,9-13H2,1-2H3,(H,21,22,23). The van der Waals surface area contributed by atoms with Gasteiger partial charge in [0.25, 0.3) is 0 Å². The van der Waals surface area contributed by atoms with E-state index in [4.69, 9.17) is 0 Å². The van der Waals surface area contributed by atoms with Gasteiger partial charge in [0.2, 0.25) is 5.95 Å². The van der Waals surface area contributed by atoms with Gasteiger partial charge in [0.05, 0.1) is 0 Å². The van der Waals surface area contributed by atoms with Crippen molar-refractivity contribution in [1.82, 2.24) is 9.97 Å². The fourth-order valence-corrected chi connectivity index (χ4v) is 3.02. The van der Waals surface area contributed by atoms with Crippen LogP contribution in [0.1, 0.15) is 25.5 Å². The number of aromatic nitrogens is 2. The van der Waals surface area contributed by atoms with Gasteiger partial charge in [-0.05, 0) is 37.6 Å². The second-order valence-corrected chi connectivity index (χ2v) is 6.42. The largest absolute Gasteiger partial charge is 0.368 e. The molecule has 1 aromatic carbocycles. The lowest BCUT2D eigenvalue weighted by Crippen LogP contribution is -2.46. The van der Waals surface area contributed by atoms with Gasteiger partial charge in [0, 0.05) is 50.2 Å². The van der Waals surface area contributed by atoms with E-state index in [1.807, 2.05) is 25.1 Å². The van der Waals surface area contributed by atoms with E-state index < -0.39 is 0 Å². The minimum absolute atomic E-state index is 0.193. The summed E-state index contributed by atoms with van der Waals surface area (Å²) in [5.41, 5.74) is 2.05. The normalized spacial score (nSPS) is 14.7. The molecule has 0 radical (unpaired) electrons. The number of nitrogens with zero attached hydrogens (tertiary/aromatic N) is 4. The summed E-state index contributed by atoms with van der Waals surface area (Å²) in [7, 11) is 0. The third-order valence-electron chi connectivity index (χ3n) is 4.45. The second kappa shape index (κ2) is 8.14. The van der Waals surface area contributed by atoms with Crippen LogP contribution in [0.5, 0.6) is 0 Å². The molecule has 1 aromatic heterocycles. The lowest BCUT2D eigenvalue weighted by molar-refractivity contribution is 0.624. The van der Waals surface area contributed by atoms with E-state index in [-0.39, 0.29) is 5.82 Å². The number of halogens is 1. The molecule has 1 aliphatic rings. The Bertz CT molecular complexity index is 681. The van der Waals surface area contributed by atoms with Gasteiger partial charge in [0.1, 0.15) is 11.6 Å². The summed E-state index contributed by atoms with van der Waals surface area (Å²) in [6, 6.07) is 8.76. The van der Waals surface area contributed by atoms with E-state index in [0.29, 0.717) is 5.95 Å². The summed E-state index contributed by atoms with van der Waals surface area (Å²) in [4.78, 5) is 13.7. The van der Waals surface area contributed by atoms with Crippen molar-refractivity contribution in [1.29, 1.82) is 0 Å². The number of unbranched alkanes of at least 4 members (excludes halogenated alkanes) is 1. The van der Waals surface area contributed by atoms with Crippen LogP contribution in [0, 0.1) is 12.7 Å². The Kier molecular flexibility index (Phi) is 5.68. The summed E-state index contributed by atoms with van der Waals surface area (Å²) >= 11 is 0. The first-order valence-corrected chi connectivity index (χ1v) is 9.00. The summed E-state index contributed by atoms with van der Waals surface area (Å²) in [6.07, 6.45) is 2.26. The molecule has 3 rings (SSSR count). The molecular weight excluding hydrogens is 317 g/mol. The SMILES string of the molecule is CCCCNc1nc(C)cc(N2CCN(c3ccc(F)cc3)CC2)n1. The zero-order valence-corrected chi connectivity index (χ0v) is 15.0. The average molecular weight is 343 g/mol. The molecule has 134 valence electrons. The maximum atomic E-state index is 13.1. The van der Waals surface area contributed by atoms with E-state index in [0.717, 1.165) is 62.8 Å². The molecule has 5 nitrogen and oxygen atoms in total. The highest BCUT2D eigenvalue weighted by Crippen LogP contribution is 2.21. The van der Waals surface area contributed by atoms with Gasteiger partial charge in [-0.15, -0.1) is 0 Å². The van der Waals surface area contributed by atoms with Gasteiger partial charge in [-0.2, -0.15) is 4.98 Å². The molecule has 1 saturated heterocycles. The van der Waals surface area contributed by atoms with Crippen LogP contribution in [0.2, 0.25) is 0 Å². The van der Waals surface area contributed by atoms with Crippen LogP contribution in [-0.2, 0) is 0 Å². The van der Waals surface area contributed by atoms with E-state index in [9.17, 15) is 4.39 Å². The highest BCUT2D eigenvalue weighted by Gasteiger charge is 2.19. The first kappa shape index (κ1) is 17.5. The van der Waals surface area contributed by atoms with Crippen molar-refractivity contribution in [2.75, 3.05) is 47.8 Å². The summed E-state index contributed by atoms with van der Waals surface area (Å²) in [6.45, 7) is 8.65. The molecule has 0 spiro atoms. The second-order valence-electron chi connectivity index (χ2n) is 6.42. The van der Waals surface area contributed by atoms with Gasteiger partial charge in [-0.25, -0.2) is 9.37 Å². The molecule has 1 fully saturated rings. The minimum atomic E-state index is -0.193. The van der Waals surface area contributed by atoms with Crippen molar-refractivity contribution >= 4 is 17.5 Å². The number of nitrogens with one attached hydrogen (secondary N) is 1. The topological polar surface area (TPSA) is 44.3 Å². The number of hydrogen-bond acceptors (Lipinski definition) is 5. The van der Waals surface area contributed by atoms with Crippen molar-refractivity contribution in [2.24, 2.45) is 0 Å². The smallest absolute Gasteiger partial charge is 0.224 e. The molecule has 1 aliphatic heterocycles. The summed E-state index contributed by atoms with van der Waals surface area (Å²) in [5, 5.41) is 3.31. The highest BCUT2D eigenvalue weighted by atomic mass is 19.1. The summed E-state index contributed by atoms with van der Waals surface area (Å²) in [5.74, 6) is 1.50. The predicted octanol–water partition coefficient (Wildman–Crippen LogP) is 3.46. The van der Waals surface area contributed by atoms with Crippen molar-refractivity contribution < 1.29 is 4.39 Å². The van der Waals surface area contributed by atoms with Crippen LogP contribution < -0.4 is 15.1 Å². The highest BCUT2D eigenvalue weighted by molar-refractivity contribution is 5.50. The Balaban J connectivity index is 1.63. The number of piperazine rings is 1. The minimum Gasteiger partial charge on any atom is -0.368 e. The molecule has 6 heteroatoms. The van der Waals surface area contributed by atoms with E-state index in [2.05, 4.69) is 32.0 Å².